The van der Waals surface area contributed by atoms with Crippen LogP contribution in [0.25, 0.3) is 0 Å². The van der Waals surface area contributed by atoms with Gasteiger partial charge in [0.25, 0.3) is 5.91 Å². The van der Waals surface area contributed by atoms with E-state index >= 15 is 0 Å². The molecule has 1 fully saturated rings. The first-order valence-corrected chi connectivity index (χ1v) is 9.46. The highest BCUT2D eigenvalue weighted by Crippen LogP contribution is 2.36. The number of rotatable bonds is 6. The Hall–Kier alpha value is -1.99. The van der Waals surface area contributed by atoms with Gasteiger partial charge >= 0.3 is 0 Å². The second-order valence-electron chi connectivity index (χ2n) is 7.07. The first-order chi connectivity index (χ1) is 12.6. The van der Waals surface area contributed by atoms with Crippen molar-refractivity contribution in [3.05, 3.63) is 17.7 Å². The summed E-state index contributed by atoms with van der Waals surface area (Å²) in [6, 6.07) is 3.27. The summed E-state index contributed by atoms with van der Waals surface area (Å²) >= 11 is 0. The van der Waals surface area contributed by atoms with Crippen LogP contribution in [0.1, 0.15) is 36.5 Å². The van der Waals surface area contributed by atoms with Crippen molar-refractivity contribution in [2.45, 2.75) is 32.3 Å². The monoisotopic (exact) mass is 363 g/mol. The molecule has 2 aliphatic rings. The lowest BCUT2D eigenvalue weighted by molar-refractivity contribution is 0.0217. The number of likely N-dealkylation sites (tertiary alicyclic amines) is 1. The lowest BCUT2D eigenvalue weighted by Gasteiger charge is -2.36. The summed E-state index contributed by atoms with van der Waals surface area (Å²) in [6.45, 7) is 6.12. The summed E-state index contributed by atoms with van der Waals surface area (Å²) < 4.78 is 11.1. The molecule has 0 unspecified atom stereocenters. The molecule has 0 saturated carbocycles. The number of hydrogen-bond acceptors (Lipinski definition) is 6. The van der Waals surface area contributed by atoms with Crippen molar-refractivity contribution in [3.63, 3.8) is 0 Å². The molecule has 0 spiro atoms. The highest BCUT2D eigenvalue weighted by atomic mass is 16.6. The molecule has 1 amide bonds. The molecule has 26 heavy (non-hydrogen) atoms. The van der Waals surface area contributed by atoms with Gasteiger partial charge in [-0.25, -0.2) is 0 Å². The third-order valence-corrected chi connectivity index (χ3v) is 5.07. The van der Waals surface area contributed by atoms with Crippen molar-refractivity contribution in [2.75, 3.05) is 45.1 Å². The Bertz CT molecular complexity index is 637. The SMILES string of the molecule is CCCCN1CC[C@@H](CNC(=O)c2cc(N)cc3c2OCCO3)[C@H](O)C1. The van der Waals surface area contributed by atoms with E-state index in [9.17, 15) is 9.90 Å². The molecule has 7 heteroatoms. The molecule has 2 heterocycles. The Morgan fingerprint density at radius 1 is 1.38 bits per heavy atom. The van der Waals surface area contributed by atoms with Crippen LogP contribution in [-0.4, -0.2) is 61.4 Å². The maximum Gasteiger partial charge on any atom is 0.255 e. The number of benzene rings is 1. The van der Waals surface area contributed by atoms with Gasteiger partial charge in [-0.3, -0.25) is 4.79 Å². The highest BCUT2D eigenvalue weighted by Gasteiger charge is 2.28. The molecular weight excluding hydrogens is 334 g/mol. The molecule has 4 N–H and O–H groups in total. The second-order valence-corrected chi connectivity index (χ2v) is 7.07. The van der Waals surface area contributed by atoms with Crippen LogP contribution in [0, 0.1) is 5.92 Å². The first kappa shape index (κ1) is 18.8. The van der Waals surface area contributed by atoms with Gasteiger partial charge in [-0.2, -0.15) is 0 Å². The molecule has 2 atom stereocenters. The average molecular weight is 363 g/mol. The Morgan fingerprint density at radius 2 is 2.19 bits per heavy atom. The molecule has 0 bridgehead atoms. The zero-order valence-electron chi connectivity index (χ0n) is 15.4. The van der Waals surface area contributed by atoms with Gasteiger partial charge in [0.15, 0.2) is 11.5 Å². The number of amides is 1. The van der Waals surface area contributed by atoms with E-state index < -0.39 is 6.10 Å². The number of β-amino-alcohol motifs (C(OH)–C–C–N with tert-alkyl or cyclic N) is 1. The van der Waals surface area contributed by atoms with Crippen LogP contribution in [0.15, 0.2) is 12.1 Å². The normalized spacial score (nSPS) is 22.8. The number of ether oxygens (including phenoxy) is 2. The summed E-state index contributed by atoms with van der Waals surface area (Å²) in [5, 5.41) is 13.3. The fourth-order valence-electron chi connectivity index (χ4n) is 3.53. The summed E-state index contributed by atoms with van der Waals surface area (Å²) in [4.78, 5) is 14.9. The van der Waals surface area contributed by atoms with Crippen LogP contribution in [0.5, 0.6) is 11.5 Å². The predicted molar refractivity (Wildman–Crippen MR) is 99.6 cm³/mol. The summed E-state index contributed by atoms with van der Waals surface area (Å²) in [6.07, 6.45) is 2.76. The number of aliphatic hydroxyl groups excluding tert-OH is 1. The highest BCUT2D eigenvalue weighted by molar-refractivity contribution is 5.99. The van der Waals surface area contributed by atoms with Crippen LogP contribution < -0.4 is 20.5 Å². The zero-order chi connectivity index (χ0) is 18.5. The molecule has 144 valence electrons. The number of piperidine rings is 1. The van der Waals surface area contributed by atoms with E-state index in [1.54, 1.807) is 12.1 Å². The van der Waals surface area contributed by atoms with Crippen LogP contribution in [-0.2, 0) is 0 Å². The van der Waals surface area contributed by atoms with Gasteiger partial charge < -0.3 is 30.5 Å². The Morgan fingerprint density at radius 3 is 2.96 bits per heavy atom. The molecule has 1 aromatic rings. The number of carbonyl (C=O) groups is 1. The number of unbranched alkanes of at least 4 members (excludes halogenated alkanes) is 1. The number of anilines is 1. The number of nitrogens with two attached hydrogens (primary N) is 1. The molecule has 7 nitrogen and oxygen atoms in total. The minimum atomic E-state index is -0.421. The number of carbonyl (C=O) groups excluding carboxylic acids is 1. The molecule has 3 rings (SSSR count). The Kier molecular flexibility index (Phi) is 6.21. The molecule has 0 radical (unpaired) electrons. The minimum absolute atomic E-state index is 0.0610. The summed E-state index contributed by atoms with van der Waals surface area (Å²) in [5.41, 5.74) is 6.72. The van der Waals surface area contributed by atoms with Crippen molar-refractivity contribution in [3.8, 4) is 11.5 Å². The maximum absolute atomic E-state index is 12.6. The number of nitrogen functional groups attached to an aromatic ring is 1. The van der Waals surface area contributed by atoms with E-state index in [1.807, 2.05) is 0 Å². The van der Waals surface area contributed by atoms with Gasteiger partial charge in [0, 0.05) is 30.8 Å². The van der Waals surface area contributed by atoms with Crippen molar-refractivity contribution in [2.24, 2.45) is 5.92 Å². The molecular formula is C19H29N3O4. The van der Waals surface area contributed by atoms with Gasteiger partial charge in [-0.15, -0.1) is 0 Å². The number of hydrogen-bond donors (Lipinski definition) is 3. The van der Waals surface area contributed by atoms with E-state index in [4.69, 9.17) is 15.2 Å². The molecule has 1 aromatic carbocycles. The third kappa shape index (κ3) is 4.40. The van der Waals surface area contributed by atoms with Crippen molar-refractivity contribution in [1.29, 1.82) is 0 Å². The Balaban J connectivity index is 1.57. The largest absolute Gasteiger partial charge is 0.486 e. The second kappa shape index (κ2) is 8.60. The third-order valence-electron chi connectivity index (χ3n) is 5.07. The van der Waals surface area contributed by atoms with Crippen molar-refractivity contribution in [1.82, 2.24) is 10.2 Å². The van der Waals surface area contributed by atoms with Gasteiger partial charge in [-0.1, -0.05) is 13.3 Å². The van der Waals surface area contributed by atoms with Crippen LogP contribution in [0.3, 0.4) is 0 Å². The lowest BCUT2D eigenvalue weighted by Crippen LogP contribution is -2.47. The van der Waals surface area contributed by atoms with Gasteiger partial charge in [0.05, 0.1) is 11.7 Å². The fourth-order valence-corrected chi connectivity index (χ4v) is 3.53. The quantitative estimate of drug-likeness (QED) is 0.658. The molecule has 2 aliphatic heterocycles. The van der Waals surface area contributed by atoms with Gasteiger partial charge in [-0.05, 0) is 32.0 Å². The smallest absolute Gasteiger partial charge is 0.255 e. The summed E-state index contributed by atoms with van der Waals surface area (Å²) in [7, 11) is 0. The van der Waals surface area contributed by atoms with Gasteiger partial charge in [0.2, 0.25) is 0 Å². The fraction of sp³-hybridized carbons (Fsp3) is 0.632. The van der Waals surface area contributed by atoms with E-state index in [2.05, 4.69) is 17.1 Å². The van der Waals surface area contributed by atoms with Crippen LogP contribution in [0.2, 0.25) is 0 Å². The van der Waals surface area contributed by atoms with Crippen molar-refractivity contribution < 1.29 is 19.4 Å². The lowest BCUT2D eigenvalue weighted by atomic mass is 9.93. The van der Waals surface area contributed by atoms with E-state index in [0.717, 1.165) is 32.4 Å². The molecule has 0 aromatic heterocycles. The van der Waals surface area contributed by atoms with Crippen LogP contribution >= 0.6 is 0 Å². The maximum atomic E-state index is 12.6. The van der Waals surface area contributed by atoms with E-state index in [0.29, 0.717) is 49.1 Å². The van der Waals surface area contributed by atoms with E-state index in [1.165, 1.54) is 0 Å². The molecule has 1 saturated heterocycles. The first-order valence-electron chi connectivity index (χ1n) is 9.46. The van der Waals surface area contributed by atoms with E-state index in [-0.39, 0.29) is 11.8 Å². The van der Waals surface area contributed by atoms with Crippen molar-refractivity contribution >= 4 is 11.6 Å². The topological polar surface area (TPSA) is 97.1 Å². The Labute approximate surface area is 154 Å². The standard InChI is InChI=1S/C19H29N3O4/c1-2-3-5-22-6-4-13(16(23)12-22)11-21-19(24)15-9-14(20)10-17-18(15)26-8-7-25-17/h9-10,13,16,23H,2-8,11-12,20H2,1H3,(H,21,24)/t13-,16+/m0/s1. The average Bonchev–Trinajstić information content (AvgIpc) is 2.64. The number of nitrogens with one attached hydrogen (secondary N) is 1. The predicted octanol–water partition coefficient (Wildman–Crippen LogP) is 1.25. The number of fused-ring (bicyclic) bond motifs is 1. The number of nitrogens with zero attached hydrogens (tertiary/aromatic N) is 1. The van der Waals surface area contributed by atoms with Gasteiger partial charge in [0.1, 0.15) is 13.2 Å². The van der Waals surface area contributed by atoms with Crippen LogP contribution in [0.4, 0.5) is 5.69 Å². The minimum Gasteiger partial charge on any atom is -0.486 e. The zero-order valence-corrected chi connectivity index (χ0v) is 15.4. The number of aliphatic hydroxyl groups is 1. The molecule has 0 aliphatic carbocycles. The summed E-state index contributed by atoms with van der Waals surface area (Å²) in [5.74, 6) is 0.758.